The lowest BCUT2D eigenvalue weighted by Crippen LogP contribution is -2.42. The number of amides is 2. The number of thioether (sulfide) groups is 1. The van der Waals surface area contributed by atoms with Crippen LogP contribution in [0.5, 0.6) is 5.75 Å². The van der Waals surface area contributed by atoms with E-state index in [1.54, 1.807) is 44.4 Å². The molecule has 0 N–H and O–H groups in total. The van der Waals surface area contributed by atoms with Crippen molar-refractivity contribution in [1.82, 2.24) is 4.90 Å². The highest BCUT2D eigenvalue weighted by atomic mass is 32.2. The van der Waals surface area contributed by atoms with Crippen LogP contribution in [0.25, 0.3) is 6.08 Å². The first-order chi connectivity index (χ1) is 11.0. The number of esters is 1. The van der Waals surface area contributed by atoms with Crippen molar-refractivity contribution in [2.45, 2.75) is 19.9 Å². The second-order valence-electron chi connectivity index (χ2n) is 4.75. The Labute approximate surface area is 138 Å². The van der Waals surface area contributed by atoms with Gasteiger partial charge in [-0.3, -0.25) is 14.5 Å². The fourth-order valence-corrected chi connectivity index (χ4v) is 2.94. The van der Waals surface area contributed by atoms with Crippen molar-refractivity contribution >= 4 is 35.0 Å². The maximum absolute atomic E-state index is 12.4. The van der Waals surface area contributed by atoms with Gasteiger partial charge < -0.3 is 9.47 Å². The van der Waals surface area contributed by atoms with Crippen LogP contribution in [0.4, 0.5) is 4.79 Å². The summed E-state index contributed by atoms with van der Waals surface area (Å²) in [6, 6.07) is 6.14. The van der Waals surface area contributed by atoms with Gasteiger partial charge in [0.15, 0.2) is 0 Å². The third kappa shape index (κ3) is 3.73. The van der Waals surface area contributed by atoms with E-state index in [1.165, 1.54) is 6.92 Å². The fourth-order valence-electron chi connectivity index (χ4n) is 2.03. The Morgan fingerprint density at radius 2 is 1.96 bits per heavy atom. The Morgan fingerprint density at radius 1 is 1.30 bits per heavy atom. The van der Waals surface area contributed by atoms with Crippen molar-refractivity contribution in [3.63, 3.8) is 0 Å². The lowest BCUT2D eigenvalue weighted by atomic mass is 10.2. The fraction of sp³-hybridized carbons (Fsp3) is 0.312. The highest BCUT2D eigenvalue weighted by Gasteiger charge is 2.41. The lowest BCUT2D eigenvalue weighted by molar-refractivity contribution is -0.150. The maximum Gasteiger partial charge on any atom is 0.329 e. The van der Waals surface area contributed by atoms with E-state index in [4.69, 9.17) is 9.47 Å². The van der Waals surface area contributed by atoms with Crippen molar-refractivity contribution < 1.29 is 23.9 Å². The molecule has 6 nitrogen and oxygen atoms in total. The first kappa shape index (κ1) is 17.1. The number of carbonyl (C=O) groups is 3. The number of carbonyl (C=O) groups excluding carboxylic acids is 3. The third-order valence-corrected chi connectivity index (χ3v) is 4.14. The van der Waals surface area contributed by atoms with Crippen LogP contribution in [-0.4, -0.2) is 41.8 Å². The predicted molar refractivity (Wildman–Crippen MR) is 86.9 cm³/mol. The number of hydrogen-bond acceptors (Lipinski definition) is 6. The smallest absolute Gasteiger partial charge is 0.329 e. The summed E-state index contributed by atoms with van der Waals surface area (Å²) in [7, 11) is 1.57. The van der Waals surface area contributed by atoms with Gasteiger partial charge >= 0.3 is 5.97 Å². The van der Waals surface area contributed by atoms with Crippen LogP contribution in [-0.2, 0) is 14.3 Å². The molecule has 1 aromatic rings. The zero-order valence-electron chi connectivity index (χ0n) is 13.1. The molecule has 2 amide bonds. The minimum atomic E-state index is -0.941. The molecule has 2 rings (SSSR count). The second-order valence-corrected chi connectivity index (χ2v) is 5.75. The number of rotatable bonds is 5. The van der Waals surface area contributed by atoms with E-state index in [0.29, 0.717) is 5.75 Å². The molecule has 0 radical (unpaired) electrons. The van der Waals surface area contributed by atoms with Gasteiger partial charge in [0.1, 0.15) is 11.8 Å². The van der Waals surface area contributed by atoms with E-state index >= 15 is 0 Å². The molecule has 122 valence electrons. The van der Waals surface area contributed by atoms with E-state index in [0.717, 1.165) is 22.2 Å². The van der Waals surface area contributed by atoms with E-state index in [9.17, 15) is 14.4 Å². The molecule has 23 heavy (non-hydrogen) atoms. The molecule has 0 spiro atoms. The number of hydrogen-bond donors (Lipinski definition) is 0. The first-order valence-corrected chi connectivity index (χ1v) is 7.87. The van der Waals surface area contributed by atoms with Gasteiger partial charge in [-0.25, -0.2) is 4.79 Å². The second kappa shape index (κ2) is 7.32. The van der Waals surface area contributed by atoms with Crippen LogP contribution < -0.4 is 4.74 Å². The summed E-state index contributed by atoms with van der Waals surface area (Å²) < 4.78 is 9.93. The molecule has 1 fully saturated rings. The largest absolute Gasteiger partial charge is 0.497 e. The van der Waals surface area contributed by atoms with Crippen molar-refractivity contribution in [2.24, 2.45) is 0 Å². The highest BCUT2D eigenvalue weighted by molar-refractivity contribution is 8.18. The Morgan fingerprint density at radius 3 is 2.52 bits per heavy atom. The van der Waals surface area contributed by atoms with Crippen molar-refractivity contribution in [3.05, 3.63) is 34.7 Å². The molecule has 1 aromatic carbocycles. The third-order valence-electron chi connectivity index (χ3n) is 3.25. The molecular formula is C16H17NO5S. The maximum atomic E-state index is 12.4. The van der Waals surface area contributed by atoms with Crippen LogP contribution >= 0.6 is 11.8 Å². The Balaban J connectivity index is 2.19. The molecule has 1 heterocycles. The summed E-state index contributed by atoms with van der Waals surface area (Å²) >= 11 is 0.810. The normalized spacial score (nSPS) is 17.5. The first-order valence-electron chi connectivity index (χ1n) is 7.05. The van der Waals surface area contributed by atoms with Crippen LogP contribution in [0.2, 0.25) is 0 Å². The van der Waals surface area contributed by atoms with E-state index < -0.39 is 23.2 Å². The molecule has 1 saturated heterocycles. The molecule has 7 heteroatoms. The van der Waals surface area contributed by atoms with Crippen molar-refractivity contribution in [1.29, 1.82) is 0 Å². The average molecular weight is 335 g/mol. The number of benzene rings is 1. The highest BCUT2D eigenvalue weighted by Crippen LogP contribution is 2.34. The number of nitrogens with zero attached hydrogens (tertiary/aromatic N) is 1. The molecule has 0 bridgehead atoms. The standard InChI is InChI=1S/C16H17NO5S/c1-4-22-15(19)10(2)17-14(18)13(23-16(17)20)9-11-5-7-12(21-3)8-6-11/h5-10H,4H2,1-3H3/b13-9+. The SMILES string of the molecule is CCOC(=O)C(C)N1C(=O)S/C(=C/c2ccc(OC)cc2)C1=O. The van der Waals surface area contributed by atoms with Gasteiger partial charge in [-0.05, 0) is 49.4 Å². The van der Waals surface area contributed by atoms with Crippen LogP contribution in [0.15, 0.2) is 29.2 Å². The van der Waals surface area contributed by atoms with Gasteiger partial charge in [-0.2, -0.15) is 0 Å². The molecule has 1 unspecified atom stereocenters. The molecule has 1 atom stereocenters. The summed E-state index contributed by atoms with van der Waals surface area (Å²) in [6.45, 7) is 3.34. The lowest BCUT2D eigenvalue weighted by Gasteiger charge is -2.19. The minimum absolute atomic E-state index is 0.196. The van der Waals surface area contributed by atoms with Crippen LogP contribution in [0, 0.1) is 0 Å². The zero-order chi connectivity index (χ0) is 17.0. The summed E-state index contributed by atoms with van der Waals surface area (Å²) in [5, 5.41) is -0.477. The molecule has 1 aliphatic rings. The number of methoxy groups -OCH3 is 1. The molecular weight excluding hydrogens is 318 g/mol. The summed E-state index contributed by atoms with van der Waals surface area (Å²) in [6.07, 6.45) is 1.61. The summed E-state index contributed by atoms with van der Waals surface area (Å²) in [4.78, 5) is 37.4. The zero-order valence-corrected chi connectivity index (χ0v) is 13.9. The van der Waals surface area contributed by atoms with Gasteiger partial charge in [0.05, 0.1) is 18.6 Å². The van der Waals surface area contributed by atoms with Crippen LogP contribution in [0.3, 0.4) is 0 Å². The monoisotopic (exact) mass is 335 g/mol. The van der Waals surface area contributed by atoms with E-state index in [-0.39, 0.29) is 11.5 Å². The molecule has 1 aliphatic heterocycles. The van der Waals surface area contributed by atoms with Gasteiger partial charge in [-0.1, -0.05) is 12.1 Å². The average Bonchev–Trinajstić information content (AvgIpc) is 2.81. The Bertz CT molecular complexity index is 653. The molecule has 0 aliphatic carbocycles. The molecule has 0 aromatic heterocycles. The van der Waals surface area contributed by atoms with Crippen molar-refractivity contribution in [3.8, 4) is 5.75 Å². The van der Waals surface area contributed by atoms with Crippen LogP contribution in [0.1, 0.15) is 19.4 Å². The minimum Gasteiger partial charge on any atom is -0.497 e. The van der Waals surface area contributed by atoms with Gasteiger partial charge in [0.2, 0.25) is 0 Å². The number of imide groups is 1. The van der Waals surface area contributed by atoms with E-state index in [2.05, 4.69) is 0 Å². The van der Waals surface area contributed by atoms with Gasteiger partial charge in [-0.15, -0.1) is 0 Å². The van der Waals surface area contributed by atoms with Gasteiger partial charge in [0, 0.05) is 0 Å². The van der Waals surface area contributed by atoms with Crippen molar-refractivity contribution in [2.75, 3.05) is 13.7 Å². The Hall–Kier alpha value is -2.28. The molecule has 0 saturated carbocycles. The number of ether oxygens (including phenoxy) is 2. The van der Waals surface area contributed by atoms with Gasteiger partial charge in [0.25, 0.3) is 11.1 Å². The Kier molecular flexibility index (Phi) is 5.44. The predicted octanol–water partition coefficient (Wildman–Crippen LogP) is 2.68. The topological polar surface area (TPSA) is 72.9 Å². The van der Waals surface area contributed by atoms with E-state index in [1.807, 2.05) is 0 Å². The quantitative estimate of drug-likeness (QED) is 0.608. The summed E-state index contributed by atoms with van der Waals surface area (Å²) in [5.41, 5.74) is 0.764. The summed E-state index contributed by atoms with van der Waals surface area (Å²) in [5.74, 6) is -0.386.